The number of Topliss-reactive ketones (excluding diaryl/α,β-unsaturated/α-hetero) is 2. The number of carbonyl (C=O) groups excluding carboxylic acids is 6. The Hall–Kier alpha value is -6.32. The van der Waals surface area contributed by atoms with Crippen molar-refractivity contribution in [2.75, 3.05) is 33.0 Å². The van der Waals surface area contributed by atoms with Crippen LogP contribution >= 0.6 is 46.4 Å². The molecule has 0 aliphatic rings. The second-order valence-electron chi connectivity index (χ2n) is 14.7. The lowest BCUT2D eigenvalue weighted by atomic mass is 9.98. The van der Waals surface area contributed by atoms with Crippen LogP contribution in [0.4, 0.5) is 34.1 Å². The smallest absolute Gasteiger partial charge is 0.258 e. The van der Waals surface area contributed by atoms with E-state index in [4.69, 9.17) is 46.4 Å². The van der Waals surface area contributed by atoms with Crippen LogP contribution in [0.3, 0.4) is 0 Å². The molecule has 5 aromatic rings. The molecule has 0 heterocycles. The molecule has 0 aromatic heterocycles. The van der Waals surface area contributed by atoms with Gasteiger partial charge in [0.2, 0.25) is 12.1 Å². The molecule has 0 saturated heterocycles. The summed E-state index contributed by atoms with van der Waals surface area (Å²) in [6.07, 6.45) is 1.89. The van der Waals surface area contributed by atoms with Gasteiger partial charge in [-0.2, -0.15) is 20.5 Å². The van der Waals surface area contributed by atoms with Gasteiger partial charge in [0.25, 0.3) is 23.6 Å². The third-order valence-electron chi connectivity index (χ3n) is 10.2. The van der Waals surface area contributed by atoms with Gasteiger partial charge in [0.1, 0.15) is 11.4 Å². The van der Waals surface area contributed by atoms with Crippen LogP contribution in [0.5, 0.6) is 0 Å². The van der Waals surface area contributed by atoms with Gasteiger partial charge >= 0.3 is 0 Å². The minimum absolute atomic E-state index is 0.0587. The van der Waals surface area contributed by atoms with Crippen molar-refractivity contribution < 1.29 is 28.8 Å². The van der Waals surface area contributed by atoms with Crippen molar-refractivity contribution in [3.05, 3.63) is 140 Å². The number of alkyl halides is 2. The van der Waals surface area contributed by atoms with Gasteiger partial charge in [-0.15, -0.1) is 23.2 Å². The van der Waals surface area contributed by atoms with Crippen molar-refractivity contribution in [2.45, 2.75) is 65.5 Å². The van der Waals surface area contributed by atoms with Crippen molar-refractivity contribution in [1.82, 2.24) is 0 Å². The fraction of sp³-hybridized carbons (Fsp3) is 0.250. The molecule has 0 spiro atoms. The normalized spacial score (nSPS) is 12.1. The number of aryl methyl sites for hydroxylation is 2. The molecule has 66 heavy (non-hydrogen) atoms. The zero-order valence-electron chi connectivity index (χ0n) is 36.4. The van der Waals surface area contributed by atoms with E-state index in [9.17, 15) is 28.8 Å². The highest BCUT2D eigenvalue weighted by molar-refractivity contribution is 6.33. The van der Waals surface area contributed by atoms with Gasteiger partial charge in [0, 0.05) is 45.6 Å². The molecular weight excluding hydrogens is 926 g/mol. The molecule has 0 saturated carbocycles. The van der Waals surface area contributed by atoms with Gasteiger partial charge in [-0.3, -0.25) is 28.8 Å². The quantitative estimate of drug-likeness (QED) is 0.0340. The van der Waals surface area contributed by atoms with E-state index in [-0.39, 0.29) is 32.5 Å². The summed E-state index contributed by atoms with van der Waals surface area (Å²) in [6.45, 7) is 6.09. The monoisotopic (exact) mass is 970 g/mol. The summed E-state index contributed by atoms with van der Waals surface area (Å²) in [5.74, 6) is -2.93. The van der Waals surface area contributed by atoms with Gasteiger partial charge in [0.05, 0.1) is 10.0 Å². The van der Waals surface area contributed by atoms with Crippen molar-refractivity contribution in [1.29, 1.82) is 0 Å². The molecule has 14 nitrogen and oxygen atoms in total. The minimum Gasteiger partial charge on any atom is -0.323 e. The van der Waals surface area contributed by atoms with E-state index in [1.165, 1.54) is 50.2 Å². The maximum absolute atomic E-state index is 13.7. The lowest BCUT2D eigenvalue weighted by Gasteiger charge is -2.20. The largest absolute Gasteiger partial charge is 0.323 e. The number of hydrogen-bond donors (Lipinski definition) is 4. The summed E-state index contributed by atoms with van der Waals surface area (Å²) < 4.78 is 0. The van der Waals surface area contributed by atoms with Gasteiger partial charge in [0.15, 0.2) is 11.6 Å². The molecular formula is C48H46Cl4N8O6. The number of nitrogens with one attached hydrogen (secondary N) is 4. The molecule has 18 heteroatoms. The SMILES string of the molecule is CCc1c(NC(=O)C(N=Nc2cc(C(=O)Nc3ccccc3CCCl)ccc2Cl)C(C)=O)ccc(NC(=O)C(N=Nc2cc(C(=O)Nc3ccccc3CCCl)ccc2Cl)C(C)=O)c1CC. The zero-order chi connectivity index (χ0) is 47.9. The number of carbonyl (C=O) groups is 6. The first-order valence-corrected chi connectivity index (χ1v) is 22.6. The van der Waals surface area contributed by atoms with Crippen LogP contribution in [0.1, 0.15) is 70.7 Å². The number of anilines is 4. The summed E-state index contributed by atoms with van der Waals surface area (Å²) in [6, 6.07) is 23.2. The Balaban J connectivity index is 1.31. The molecule has 4 amide bonds. The minimum atomic E-state index is -1.58. The summed E-state index contributed by atoms with van der Waals surface area (Å²) in [5.41, 5.74) is 5.44. The maximum atomic E-state index is 13.7. The van der Waals surface area contributed by atoms with Crippen LogP contribution in [0.25, 0.3) is 0 Å². The summed E-state index contributed by atoms with van der Waals surface area (Å²) in [5, 5.41) is 27.8. The summed E-state index contributed by atoms with van der Waals surface area (Å²) in [7, 11) is 0. The Morgan fingerprint density at radius 2 is 0.894 bits per heavy atom. The Morgan fingerprint density at radius 3 is 1.24 bits per heavy atom. The maximum Gasteiger partial charge on any atom is 0.258 e. The predicted molar refractivity (Wildman–Crippen MR) is 261 cm³/mol. The third-order valence-corrected chi connectivity index (χ3v) is 11.2. The van der Waals surface area contributed by atoms with Crippen molar-refractivity contribution in [2.24, 2.45) is 20.5 Å². The van der Waals surface area contributed by atoms with Crippen molar-refractivity contribution >= 4 is 116 Å². The fourth-order valence-corrected chi connectivity index (χ4v) is 7.51. The average Bonchev–Trinajstić information content (AvgIpc) is 3.29. The highest BCUT2D eigenvalue weighted by Crippen LogP contribution is 2.32. The van der Waals surface area contributed by atoms with Gasteiger partial charge in [-0.1, -0.05) is 73.4 Å². The van der Waals surface area contributed by atoms with E-state index in [0.717, 1.165) is 11.1 Å². The van der Waals surface area contributed by atoms with E-state index in [2.05, 4.69) is 41.7 Å². The predicted octanol–water partition coefficient (Wildman–Crippen LogP) is 11.5. The van der Waals surface area contributed by atoms with Crippen molar-refractivity contribution in [3.8, 4) is 0 Å². The topological polar surface area (TPSA) is 200 Å². The van der Waals surface area contributed by atoms with Gasteiger partial charge in [-0.25, -0.2) is 0 Å². The Bertz CT molecular complexity index is 2530. The average molecular weight is 973 g/mol. The molecule has 0 fully saturated rings. The van der Waals surface area contributed by atoms with Crippen LogP contribution in [-0.4, -0.2) is 59.0 Å². The second kappa shape index (κ2) is 24.3. The van der Waals surface area contributed by atoms with E-state index in [1.54, 1.807) is 36.4 Å². The summed E-state index contributed by atoms with van der Waals surface area (Å²) in [4.78, 5) is 79.3. The van der Waals surface area contributed by atoms with Gasteiger partial charge in [-0.05, 0) is 122 Å². The first kappa shape index (κ1) is 50.7. The third kappa shape index (κ3) is 13.2. The molecule has 0 bridgehead atoms. The number of hydrogen-bond acceptors (Lipinski definition) is 10. The van der Waals surface area contributed by atoms with Crippen LogP contribution in [0.2, 0.25) is 10.0 Å². The number of amides is 4. The Kier molecular flexibility index (Phi) is 18.6. The number of para-hydroxylation sites is 2. The van der Waals surface area contributed by atoms with E-state index >= 15 is 0 Å². The molecule has 0 radical (unpaired) electrons. The number of nitrogens with zero attached hydrogens (tertiary/aromatic N) is 4. The number of ketones is 2. The number of halogens is 4. The first-order valence-electron chi connectivity index (χ1n) is 20.8. The number of benzene rings is 5. The molecule has 4 N–H and O–H groups in total. The lowest BCUT2D eigenvalue weighted by molar-refractivity contribution is -0.127. The van der Waals surface area contributed by atoms with Crippen LogP contribution in [0.15, 0.2) is 118 Å². The summed E-state index contributed by atoms with van der Waals surface area (Å²) >= 11 is 24.7. The Labute approximate surface area is 402 Å². The standard InChI is InChI=1S/C48H46Cl4N8O6/c1-5-33-34(6-2)40(56-48(66)44(28(4)62)60-58-42-26-32(16-18-36(42)52)46(64)54-38-14-10-8-12-30(38)22-24-50)20-19-39(33)55-47(65)43(27(3)61)59-57-41-25-31(15-17-35(41)51)45(63)53-37-13-9-7-11-29(37)21-23-49/h7-20,25-26,43-44H,5-6,21-24H2,1-4H3,(H,53,63)(H,54,64)(H,55,65)(H,56,66). The number of azo groups is 2. The second-order valence-corrected chi connectivity index (χ2v) is 16.3. The molecule has 2 atom stereocenters. The molecule has 2 unspecified atom stereocenters. The highest BCUT2D eigenvalue weighted by atomic mass is 35.5. The molecule has 342 valence electrons. The molecule has 5 rings (SSSR count). The highest BCUT2D eigenvalue weighted by Gasteiger charge is 2.27. The van der Waals surface area contributed by atoms with Gasteiger partial charge < -0.3 is 21.3 Å². The van der Waals surface area contributed by atoms with E-state index in [1.807, 2.05) is 38.1 Å². The lowest BCUT2D eigenvalue weighted by Crippen LogP contribution is -2.33. The molecule has 0 aliphatic carbocycles. The first-order chi connectivity index (χ1) is 31.7. The molecule has 5 aromatic carbocycles. The zero-order valence-corrected chi connectivity index (χ0v) is 39.4. The van der Waals surface area contributed by atoms with Crippen LogP contribution in [0, 0.1) is 0 Å². The fourth-order valence-electron chi connectivity index (χ4n) is 6.79. The van der Waals surface area contributed by atoms with E-state index in [0.29, 0.717) is 71.3 Å². The Morgan fingerprint density at radius 1 is 0.515 bits per heavy atom. The molecule has 0 aliphatic heterocycles. The van der Waals surface area contributed by atoms with Crippen LogP contribution < -0.4 is 21.3 Å². The van der Waals surface area contributed by atoms with Crippen LogP contribution in [-0.2, 0) is 44.9 Å². The van der Waals surface area contributed by atoms with Crippen molar-refractivity contribution in [3.63, 3.8) is 0 Å². The van der Waals surface area contributed by atoms with E-state index < -0.39 is 47.3 Å². The number of rotatable bonds is 20.